The van der Waals surface area contributed by atoms with Crippen LogP contribution in [0.2, 0.25) is 0 Å². The first-order valence-corrected chi connectivity index (χ1v) is 4.94. The first-order valence-electron chi connectivity index (χ1n) is 3.33. The summed E-state index contributed by atoms with van der Waals surface area (Å²) in [6, 6.07) is 0. The Kier molecular flexibility index (Phi) is 4.63. The van der Waals surface area contributed by atoms with Crippen LogP contribution in [0.1, 0.15) is 19.8 Å². The third-order valence-electron chi connectivity index (χ3n) is 1.19. The number of rotatable bonds is 5. The molecule has 0 unspecified atom stereocenters. The van der Waals surface area contributed by atoms with Crippen molar-refractivity contribution >= 4 is 10.1 Å². The Balaban J connectivity index is 3.61. The molecule has 0 bridgehead atoms. The summed E-state index contributed by atoms with van der Waals surface area (Å²) < 4.78 is 28.9. The molecule has 0 amide bonds. The van der Waals surface area contributed by atoms with Crippen LogP contribution in [-0.4, -0.2) is 30.4 Å². The maximum atomic E-state index is 10.3. The summed E-state index contributed by atoms with van der Waals surface area (Å²) in [7, 11) is -3.87. The molecule has 0 spiro atoms. The van der Waals surface area contributed by atoms with Gasteiger partial charge >= 0.3 is 0 Å². The average molecular weight is 181 g/mol. The highest BCUT2D eigenvalue weighted by molar-refractivity contribution is 7.85. The van der Waals surface area contributed by atoms with Crippen LogP contribution in [0.4, 0.5) is 0 Å². The second-order valence-electron chi connectivity index (χ2n) is 2.51. The third kappa shape index (κ3) is 7.77. The summed E-state index contributed by atoms with van der Waals surface area (Å²) in [6.45, 7) is 1.69. The Morgan fingerprint density at radius 2 is 2.00 bits per heavy atom. The quantitative estimate of drug-likeness (QED) is 0.596. The molecule has 1 radical (unpaired) electrons. The summed E-state index contributed by atoms with van der Waals surface area (Å²) in [5.41, 5.74) is 0. The number of aliphatic hydroxyl groups is 1. The van der Waals surface area contributed by atoms with E-state index in [1.165, 1.54) is 0 Å². The predicted molar refractivity (Wildman–Crippen MR) is 41.7 cm³/mol. The van der Waals surface area contributed by atoms with Gasteiger partial charge in [-0.2, -0.15) is 8.42 Å². The van der Waals surface area contributed by atoms with Crippen LogP contribution in [0.15, 0.2) is 0 Å². The van der Waals surface area contributed by atoms with Gasteiger partial charge in [0.1, 0.15) is 0 Å². The molecule has 4 nitrogen and oxygen atoms in total. The molecule has 2 N–H and O–H groups in total. The van der Waals surface area contributed by atoms with E-state index in [1.54, 1.807) is 6.92 Å². The number of aliphatic hydroxyl groups excluding tert-OH is 1. The first-order chi connectivity index (χ1) is 4.95. The van der Waals surface area contributed by atoms with Crippen LogP contribution >= 0.6 is 0 Å². The van der Waals surface area contributed by atoms with Crippen molar-refractivity contribution in [2.24, 2.45) is 0 Å². The summed E-state index contributed by atoms with van der Waals surface area (Å²) in [5, 5.41) is 8.39. The topological polar surface area (TPSA) is 74.6 Å². The van der Waals surface area contributed by atoms with Crippen molar-refractivity contribution in [1.82, 2.24) is 0 Å². The van der Waals surface area contributed by atoms with Gasteiger partial charge in [0, 0.05) is 6.61 Å². The van der Waals surface area contributed by atoms with Crippen molar-refractivity contribution < 1.29 is 18.1 Å². The van der Waals surface area contributed by atoms with Gasteiger partial charge in [-0.3, -0.25) is 4.55 Å². The van der Waals surface area contributed by atoms with Crippen molar-refractivity contribution in [1.29, 1.82) is 0 Å². The molecule has 0 aromatic heterocycles. The Morgan fingerprint density at radius 3 is 2.36 bits per heavy atom. The lowest BCUT2D eigenvalue weighted by Crippen LogP contribution is -2.11. The van der Waals surface area contributed by atoms with E-state index in [0.717, 1.165) is 0 Å². The molecule has 0 fully saturated rings. The van der Waals surface area contributed by atoms with Gasteiger partial charge in [0.15, 0.2) is 0 Å². The van der Waals surface area contributed by atoms with Gasteiger partial charge in [-0.05, 0) is 18.8 Å². The third-order valence-corrected chi connectivity index (χ3v) is 2.05. The fourth-order valence-electron chi connectivity index (χ4n) is 0.764. The lowest BCUT2D eigenvalue weighted by molar-refractivity contribution is 0.286. The van der Waals surface area contributed by atoms with E-state index in [1.807, 2.05) is 0 Å². The van der Waals surface area contributed by atoms with Crippen LogP contribution in [0.25, 0.3) is 0 Å². The molecule has 67 valence electrons. The number of hydrogen-bond donors (Lipinski definition) is 2. The van der Waals surface area contributed by atoms with Gasteiger partial charge in [0.05, 0.1) is 5.75 Å². The molecule has 0 heterocycles. The van der Waals surface area contributed by atoms with Crippen LogP contribution in [0, 0.1) is 5.92 Å². The molecule has 11 heavy (non-hydrogen) atoms. The van der Waals surface area contributed by atoms with Gasteiger partial charge in [0.25, 0.3) is 10.1 Å². The first kappa shape index (κ1) is 10.9. The molecule has 0 aliphatic heterocycles. The van der Waals surface area contributed by atoms with Gasteiger partial charge in [0.2, 0.25) is 0 Å². The molecule has 0 saturated heterocycles. The summed E-state index contributed by atoms with van der Waals surface area (Å²) >= 11 is 0. The van der Waals surface area contributed by atoms with E-state index in [9.17, 15) is 8.42 Å². The largest absolute Gasteiger partial charge is 0.396 e. The molecule has 0 aliphatic rings. The molecule has 0 aromatic rings. The van der Waals surface area contributed by atoms with Gasteiger partial charge < -0.3 is 5.11 Å². The molecule has 0 aromatic carbocycles. The Bertz CT molecular complexity index is 185. The van der Waals surface area contributed by atoms with Crippen LogP contribution in [-0.2, 0) is 10.1 Å². The summed E-state index contributed by atoms with van der Waals surface area (Å²) in [4.78, 5) is 0. The summed E-state index contributed by atoms with van der Waals surface area (Å²) in [5.74, 6) is 0.369. The second kappa shape index (κ2) is 4.69. The smallest absolute Gasteiger partial charge is 0.265 e. The zero-order valence-corrected chi connectivity index (χ0v) is 7.26. The molecular formula is C6H13O4S. The van der Waals surface area contributed by atoms with Crippen molar-refractivity contribution in [2.45, 2.75) is 19.8 Å². The fraction of sp³-hybridized carbons (Fsp3) is 0.833. The summed E-state index contributed by atoms with van der Waals surface area (Å²) in [6.07, 6.45) is 1.08. The van der Waals surface area contributed by atoms with E-state index in [4.69, 9.17) is 9.66 Å². The second-order valence-corrected chi connectivity index (χ2v) is 3.96. The Morgan fingerprint density at radius 1 is 1.45 bits per heavy atom. The van der Waals surface area contributed by atoms with Gasteiger partial charge in [-0.15, -0.1) is 0 Å². The van der Waals surface area contributed by atoms with Crippen LogP contribution < -0.4 is 0 Å². The normalized spacial score (nSPS) is 12.4. The Labute approximate surface area is 67.0 Å². The maximum absolute atomic E-state index is 10.3. The fourth-order valence-corrected chi connectivity index (χ4v) is 1.53. The molecule has 0 atom stereocenters. The Hall–Kier alpha value is -0.130. The van der Waals surface area contributed by atoms with Crippen LogP contribution in [0.3, 0.4) is 0 Å². The van der Waals surface area contributed by atoms with E-state index in [0.29, 0.717) is 18.8 Å². The standard InChI is InChI=1S/C6H13O4S/c1-6(3-2-4-7)5-11(8,9)10/h7H,2-5H2,1H3,(H,8,9,10). The van der Waals surface area contributed by atoms with E-state index >= 15 is 0 Å². The molecular weight excluding hydrogens is 168 g/mol. The SMILES string of the molecule is C[C](CCCO)CS(=O)(=O)O. The predicted octanol–water partition coefficient (Wildman–Crippen LogP) is 0.241. The van der Waals surface area contributed by atoms with Crippen molar-refractivity contribution in [3.8, 4) is 0 Å². The van der Waals surface area contributed by atoms with Gasteiger partial charge in [-0.1, -0.05) is 6.92 Å². The molecule has 5 heteroatoms. The van der Waals surface area contributed by atoms with E-state index in [2.05, 4.69) is 0 Å². The average Bonchev–Trinajstić information content (AvgIpc) is 1.79. The monoisotopic (exact) mass is 181 g/mol. The lowest BCUT2D eigenvalue weighted by atomic mass is 10.1. The van der Waals surface area contributed by atoms with Gasteiger partial charge in [-0.25, -0.2) is 0 Å². The van der Waals surface area contributed by atoms with Crippen molar-refractivity contribution in [3.63, 3.8) is 0 Å². The highest BCUT2D eigenvalue weighted by Gasteiger charge is 2.11. The zero-order valence-electron chi connectivity index (χ0n) is 6.45. The van der Waals surface area contributed by atoms with E-state index < -0.39 is 10.1 Å². The van der Waals surface area contributed by atoms with E-state index in [-0.39, 0.29) is 12.4 Å². The minimum absolute atomic E-state index is 0.0445. The molecule has 0 aliphatic carbocycles. The maximum Gasteiger partial charge on any atom is 0.265 e. The highest BCUT2D eigenvalue weighted by Crippen LogP contribution is 2.09. The van der Waals surface area contributed by atoms with Crippen LogP contribution in [0.5, 0.6) is 0 Å². The van der Waals surface area contributed by atoms with Crippen molar-refractivity contribution in [2.75, 3.05) is 12.4 Å². The van der Waals surface area contributed by atoms with Crippen molar-refractivity contribution in [3.05, 3.63) is 5.92 Å². The minimum atomic E-state index is -3.87. The zero-order chi connectivity index (χ0) is 8.91. The highest BCUT2D eigenvalue weighted by atomic mass is 32.2. The molecule has 0 saturated carbocycles. The lowest BCUT2D eigenvalue weighted by Gasteiger charge is -2.05. The molecule has 0 rings (SSSR count). The minimum Gasteiger partial charge on any atom is -0.396 e. The number of hydrogen-bond acceptors (Lipinski definition) is 3.